The van der Waals surface area contributed by atoms with Crippen LogP contribution in [0.5, 0.6) is 0 Å². The molecule has 0 amide bonds. The standard InChI is InChI=1S/C14H17NO4S/c1-19-14(16)10-7-8-12(15(17)18)13(9-10)20-11-5-3-2-4-6-11/h7-9,11H,2-6H2,1H3. The second-order valence-corrected chi connectivity index (χ2v) is 6.15. The van der Waals surface area contributed by atoms with Crippen LogP contribution >= 0.6 is 11.8 Å². The molecule has 0 bridgehead atoms. The molecule has 0 atom stereocenters. The summed E-state index contributed by atoms with van der Waals surface area (Å²) >= 11 is 1.51. The van der Waals surface area contributed by atoms with Gasteiger partial charge in [-0.05, 0) is 25.0 Å². The number of rotatable bonds is 4. The van der Waals surface area contributed by atoms with E-state index in [0.29, 0.717) is 15.7 Å². The molecule has 6 heteroatoms. The first-order chi connectivity index (χ1) is 9.61. The van der Waals surface area contributed by atoms with Crippen molar-refractivity contribution < 1.29 is 14.5 Å². The molecule has 0 saturated heterocycles. The number of nitro benzene ring substituents is 1. The second kappa shape index (κ2) is 6.74. The van der Waals surface area contributed by atoms with E-state index >= 15 is 0 Å². The van der Waals surface area contributed by atoms with Crippen molar-refractivity contribution >= 4 is 23.4 Å². The van der Waals surface area contributed by atoms with Crippen LogP contribution in [-0.2, 0) is 4.74 Å². The van der Waals surface area contributed by atoms with E-state index in [9.17, 15) is 14.9 Å². The van der Waals surface area contributed by atoms with Crippen molar-refractivity contribution in [1.29, 1.82) is 0 Å². The molecule has 0 unspecified atom stereocenters. The zero-order valence-corrected chi connectivity index (χ0v) is 12.1. The third-order valence-corrected chi connectivity index (χ3v) is 4.81. The van der Waals surface area contributed by atoms with Crippen molar-refractivity contribution in [3.63, 3.8) is 0 Å². The summed E-state index contributed by atoms with van der Waals surface area (Å²) < 4.78 is 4.66. The molecule has 20 heavy (non-hydrogen) atoms. The Morgan fingerprint density at radius 2 is 2.05 bits per heavy atom. The van der Waals surface area contributed by atoms with E-state index in [0.717, 1.165) is 12.8 Å². The molecule has 1 aliphatic carbocycles. The Hall–Kier alpha value is -1.56. The highest BCUT2D eigenvalue weighted by atomic mass is 32.2. The van der Waals surface area contributed by atoms with Gasteiger partial charge in [-0.3, -0.25) is 10.1 Å². The maximum Gasteiger partial charge on any atom is 0.337 e. The lowest BCUT2D eigenvalue weighted by Gasteiger charge is -2.20. The first-order valence-corrected chi connectivity index (χ1v) is 7.53. The zero-order chi connectivity index (χ0) is 14.5. The number of nitrogens with zero attached hydrogens (tertiary/aromatic N) is 1. The smallest absolute Gasteiger partial charge is 0.337 e. The van der Waals surface area contributed by atoms with Gasteiger partial charge < -0.3 is 4.74 Å². The summed E-state index contributed by atoms with van der Waals surface area (Å²) in [7, 11) is 1.30. The van der Waals surface area contributed by atoms with E-state index in [4.69, 9.17) is 0 Å². The number of methoxy groups -OCH3 is 1. The van der Waals surface area contributed by atoms with Crippen molar-refractivity contribution in [1.82, 2.24) is 0 Å². The number of benzene rings is 1. The van der Waals surface area contributed by atoms with E-state index in [1.807, 2.05) is 0 Å². The molecule has 1 aromatic carbocycles. The minimum Gasteiger partial charge on any atom is -0.465 e. The van der Waals surface area contributed by atoms with Gasteiger partial charge in [-0.2, -0.15) is 0 Å². The number of nitro groups is 1. The minimum atomic E-state index is -0.467. The molecule has 1 saturated carbocycles. The van der Waals surface area contributed by atoms with Crippen molar-refractivity contribution in [2.24, 2.45) is 0 Å². The van der Waals surface area contributed by atoms with Crippen LogP contribution in [0.4, 0.5) is 5.69 Å². The Labute approximate surface area is 121 Å². The predicted octanol–water partition coefficient (Wildman–Crippen LogP) is 3.81. The molecule has 1 aliphatic rings. The summed E-state index contributed by atoms with van der Waals surface area (Å²) in [6.45, 7) is 0. The van der Waals surface area contributed by atoms with Crippen LogP contribution in [0.25, 0.3) is 0 Å². The lowest BCUT2D eigenvalue weighted by Crippen LogP contribution is -2.09. The molecule has 0 aromatic heterocycles. The van der Waals surface area contributed by atoms with Gasteiger partial charge in [-0.15, -0.1) is 11.8 Å². The molecule has 0 heterocycles. The average Bonchev–Trinajstić information content (AvgIpc) is 2.47. The molecular formula is C14H17NO4S. The summed E-state index contributed by atoms with van der Waals surface area (Å²) in [5, 5.41) is 11.5. The highest BCUT2D eigenvalue weighted by Gasteiger charge is 2.22. The molecule has 0 radical (unpaired) electrons. The summed E-state index contributed by atoms with van der Waals surface area (Å²) in [4.78, 5) is 22.8. The third-order valence-electron chi connectivity index (χ3n) is 3.42. The molecule has 1 aromatic rings. The van der Waals surface area contributed by atoms with Crippen LogP contribution in [0.15, 0.2) is 23.1 Å². The number of esters is 1. The highest BCUT2D eigenvalue weighted by molar-refractivity contribution is 8.00. The Morgan fingerprint density at radius 3 is 2.65 bits per heavy atom. The van der Waals surface area contributed by atoms with Crippen LogP contribution in [0, 0.1) is 10.1 Å². The topological polar surface area (TPSA) is 69.4 Å². The van der Waals surface area contributed by atoms with Crippen LogP contribution in [0.1, 0.15) is 42.5 Å². The second-order valence-electron chi connectivity index (χ2n) is 4.81. The van der Waals surface area contributed by atoms with E-state index in [1.165, 1.54) is 50.3 Å². The fourth-order valence-electron chi connectivity index (χ4n) is 2.37. The summed E-state index contributed by atoms with van der Waals surface area (Å²) in [5.74, 6) is -0.467. The fourth-order valence-corrected chi connectivity index (χ4v) is 3.75. The van der Waals surface area contributed by atoms with Gasteiger partial charge in [0.1, 0.15) is 0 Å². The number of hydrogen-bond acceptors (Lipinski definition) is 5. The highest BCUT2D eigenvalue weighted by Crippen LogP contribution is 2.38. The Balaban J connectivity index is 2.26. The number of hydrogen-bond donors (Lipinski definition) is 0. The first-order valence-electron chi connectivity index (χ1n) is 6.65. The number of carbonyl (C=O) groups excluding carboxylic acids is 1. The van der Waals surface area contributed by atoms with Crippen molar-refractivity contribution in [3.05, 3.63) is 33.9 Å². The molecule has 108 valence electrons. The van der Waals surface area contributed by atoms with Crippen LogP contribution in [0.3, 0.4) is 0 Å². The van der Waals surface area contributed by atoms with Gasteiger partial charge in [0, 0.05) is 11.3 Å². The lowest BCUT2D eigenvalue weighted by molar-refractivity contribution is -0.387. The molecule has 1 fully saturated rings. The average molecular weight is 295 g/mol. The van der Waals surface area contributed by atoms with Crippen molar-refractivity contribution in [2.75, 3.05) is 7.11 Å². The fraction of sp³-hybridized carbons (Fsp3) is 0.500. The molecule has 5 nitrogen and oxygen atoms in total. The lowest BCUT2D eigenvalue weighted by atomic mass is 10.0. The van der Waals surface area contributed by atoms with Crippen molar-refractivity contribution in [2.45, 2.75) is 42.2 Å². The van der Waals surface area contributed by atoms with Crippen LogP contribution < -0.4 is 0 Å². The van der Waals surface area contributed by atoms with Gasteiger partial charge in [0.05, 0.1) is 22.5 Å². The molecule has 0 spiro atoms. The summed E-state index contributed by atoms with van der Waals surface area (Å²) in [6, 6.07) is 4.40. The molecule has 0 aliphatic heterocycles. The summed E-state index contributed by atoms with van der Waals surface area (Å²) in [5.41, 5.74) is 0.421. The number of ether oxygens (including phenoxy) is 1. The quantitative estimate of drug-likeness (QED) is 0.480. The van der Waals surface area contributed by atoms with Gasteiger partial charge in [0.15, 0.2) is 0 Å². The Morgan fingerprint density at radius 1 is 1.35 bits per heavy atom. The van der Waals surface area contributed by atoms with Gasteiger partial charge in [0.2, 0.25) is 0 Å². The molecule has 2 rings (SSSR count). The monoisotopic (exact) mass is 295 g/mol. The Bertz CT molecular complexity index is 512. The van der Waals surface area contributed by atoms with E-state index < -0.39 is 10.9 Å². The normalized spacial score (nSPS) is 15.8. The third kappa shape index (κ3) is 3.50. The van der Waals surface area contributed by atoms with Gasteiger partial charge >= 0.3 is 5.97 Å². The number of thioether (sulfide) groups is 1. The van der Waals surface area contributed by atoms with Gasteiger partial charge in [0.25, 0.3) is 5.69 Å². The largest absolute Gasteiger partial charge is 0.465 e. The summed E-state index contributed by atoms with van der Waals surface area (Å²) in [6.07, 6.45) is 5.72. The van der Waals surface area contributed by atoms with Gasteiger partial charge in [-0.25, -0.2) is 4.79 Å². The predicted molar refractivity (Wildman–Crippen MR) is 77.2 cm³/mol. The Kier molecular flexibility index (Phi) is 5.00. The van der Waals surface area contributed by atoms with E-state index in [2.05, 4.69) is 4.74 Å². The first kappa shape index (κ1) is 14.8. The maximum absolute atomic E-state index is 11.5. The number of carbonyl (C=O) groups is 1. The molecule has 0 N–H and O–H groups in total. The van der Waals surface area contributed by atoms with E-state index in [-0.39, 0.29) is 5.69 Å². The van der Waals surface area contributed by atoms with Crippen LogP contribution in [0.2, 0.25) is 0 Å². The minimum absolute atomic E-state index is 0.0632. The molecular weight excluding hydrogens is 278 g/mol. The maximum atomic E-state index is 11.5. The zero-order valence-electron chi connectivity index (χ0n) is 11.3. The van der Waals surface area contributed by atoms with Crippen molar-refractivity contribution in [3.8, 4) is 0 Å². The van der Waals surface area contributed by atoms with Gasteiger partial charge in [-0.1, -0.05) is 19.3 Å². The SMILES string of the molecule is COC(=O)c1ccc([N+](=O)[O-])c(SC2CCCCC2)c1. The van der Waals surface area contributed by atoms with E-state index in [1.54, 1.807) is 6.07 Å². The van der Waals surface area contributed by atoms with Crippen LogP contribution in [-0.4, -0.2) is 23.3 Å².